The first-order chi connectivity index (χ1) is 14.9. The summed E-state index contributed by atoms with van der Waals surface area (Å²) in [6.45, 7) is 4.55. The van der Waals surface area contributed by atoms with Gasteiger partial charge in [-0.15, -0.1) is 11.8 Å². The first kappa shape index (κ1) is 23.1. The summed E-state index contributed by atoms with van der Waals surface area (Å²) in [6, 6.07) is 4.87. The number of fused-ring (bicyclic) bond motifs is 1. The first-order valence-corrected chi connectivity index (χ1v) is 13.4. The Morgan fingerprint density at radius 2 is 1.84 bits per heavy atom. The summed E-state index contributed by atoms with van der Waals surface area (Å²) in [5.41, 5.74) is 7.49. The van der Waals surface area contributed by atoms with Gasteiger partial charge in [0.25, 0.3) is 0 Å². The zero-order valence-corrected chi connectivity index (χ0v) is 21.1. The molecule has 1 saturated carbocycles. The molecule has 2 heterocycles. The van der Waals surface area contributed by atoms with Gasteiger partial charge in [0.15, 0.2) is 0 Å². The predicted molar refractivity (Wildman–Crippen MR) is 134 cm³/mol. The average Bonchev–Trinajstić information content (AvgIpc) is 2.93. The summed E-state index contributed by atoms with van der Waals surface area (Å²) in [6.07, 6.45) is 10.4. The maximum Gasteiger partial charge on any atom is 0.303 e. The van der Waals surface area contributed by atoms with Crippen LogP contribution in [-0.4, -0.2) is 36.1 Å². The zero-order chi connectivity index (χ0) is 22.0. The van der Waals surface area contributed by atoms with Crippen molar-refractivity contribution in [1.82, 2.24) is 4.90 Å². The van der Waals surface area contributed by atoms with Crippen LogP contribution in [0.15, 0.2) is 39.2 Å². The van der Waals surface area contributed by atoms with Crippen molar-refractivity contribution in [1.29, 1.82) is 0 Å². The van der Waals surface area contributed by atoms with Gasteiger partial charge in [-0.2, -0.15) is 0 Å². The number of hydrogen-bond acceptors (Lipinski definition) is 3. The molecule has 0 saturated heterocycles. The van der Waals surface area contributed by atoms with Crippen molar-refractivity contribution in [2.24, 2.45) is 11.8 Å². The maximum atomic E-state index is 10.9. The lowest BCUT2D eigenvalue weighted by Gasteiger charge is -2.36. The van der Waals surface area contributed by atoms with Crippen molar-refractivity contribution >= 4 is 33.7 Å². The van der Waals surface area contributed by atoms with Crippen molar-refractivity contribution in [2.45, 2.75) is 63.5 Å². The van der Waals surface area contributed by atoms with Crippen LogP contribution in [0.25, 0.3) is 0 Å². The van der Waals surface area contributed by atoms with Gasteiger partial charge in [-0.25, -0.2) is 0 Å². The molecule has 5 heteroatoms. The number of rotatable bonds is 5. The number of thioether (sulfide) groups is 1. The highest BCUT2D eigenvalue weighted by molar-refractivity contribution is 9.10. The van der Waals surface area contributed by atoms with Crippen LogP contribution < -0.4 is 0 Å². The Kier molecular flexibility index (Phi) is 7.66. The summed E-state index contributed by atoms with van der Waals surface area (Å²) in [4.78, 5) is 13.4. The van der Waals surface area contributed by atoms with E-state index in [9.17, 15) is 4.79 Å². The Morgan fingerprint density at radius 3 is 2.52 bits per heavy atom. The number of likely N-dealkylation sites (N-methyl/N-ethyl adjacent to an activating group) is 1. The second-order valence-electron chi connectivity index (χ2n) is 9.55. The molecule has 1 unspecified atom stereocenters. The molecule has 1 aliphatic carbocycles. The Hall–Kier alpha value is -1.04. The highest BCUT2D eigenvalue weighted by atomic mass is 79.9. The Balaban J connectivity index is 1.55. The van der Waals surface area contributed by atoms with E-state index in [1.807, 2.05) is 11.8 Å². The van der Waals surface area contributed by atoms with Crippen molar-refractivity contribution in [2.75, 3.05) is 20.1 Å². The fraction of sp³-hybridized carbons (Fsp3) is 0.577. The SMILES string of the molecule is CC1=C(C2CCC(CCC(=O)O)CC2)C(c2cc3c(cc2Br)CCN(C)CC3)SC=C1. The van der Waals surface area contributed by atoms with E-state index >= 15 is 0 Å². The van der Waals surface area contributed by atoms with Gasteiger partial charge in [0.1, 0.15) is 0 Å². The van der Waals surface area contributed by atoms with E-state index < -0.39 is 5.97 Å². The van der Waals surface area contributed by atoms with E-state index in [0.29, 0.717) is 23.5 Å². The van der Waals surface area contributed by atoms with Crippen molar-refractivity contribution in [3.8, 4) is 0 Å². The summed E-state index contributed by atoms with van der Waals surface area (Å²) in [7, 11) is 2.22. The number of aliphatic carboxylic acids is 1. The zero-order valence-electron chi connectivity index (χ0n) is 18.7. The molecule has 3 nitrogen and oxygen atoms in total. The van der Waals surface area contributed by atoms with Crippen LogP contribution in [0.1, 0.15) is 67.4 Å². The quantitative estimate of drug-likeness (QED) is 0.481. The van der Waals surface area contributed by atoms with Crippen LogP contribution in [0.5, 0.6) is 0 Å². The molecule has 1 N–H and O–H groups in total. The lowest BCUT2D eigenvalue weighted by molar-refractivity contribution is -0.137. The van der Waals surface area contributed by atoms with Crippen molar-refractivity contribution in [3.63, 3.8) is 0 Å². The maximum absolute atomic E-state index is 10.9. The van der Waals surface area contributed by atoms with Crippen LogP contribution >= 0.6 is 27.7 Å². The highest BCUT2D eigenvalue weighted by Crippen LogP contribution is 2.51. The van der Waals surface area contributed by atoms with E-state index in [-0.39, 0.29) is 0 Å². The standard InChI is InChI=1S/C26H34BrNO2S/c1-17-11-14-31-26(25(17)19-6-3-18(4-7-19)5-8-24(29)30)22-15-20-9-12-28(2)13-10-21(20)16-23(22)27/h11,14-16,18-19,26H,3-10,12-13H2,1-2H3,(H,29,30). The molecule has 1 aromatic rings. The lowest BCUT2D eigenvalue weighted by atomic mass is 9.74. The number of carbonyl (C=O) groups is 1. The van der Waals surface area contributed by atoms with Crippen LogP contribution in [0.2, 0.25) is 0 Å². The average molecular weight is 505 g/mol. The molecule has 0 radical (unpaired) electrons. The third-order valence-corrected chi connectivity index (χ3v) is 9.21. The fourth-order valence-corrected chi connectivity index (χ4v) is 7.62. The topological polar surface area (TPSA) is 40.5 Å². The normalized spacial score (nSPS) is 27.1. The monoisotopic (exact) mass is 503 g/mol. The summed E-state index contributed by atoms with van der Waals surface area (Å²) < 4.78 is 1.25. The van der Waals surface area contributed by atoms with Crippen LogP contribution in [0.4, 0.5) is 0 Å². The molecule has 168 valence electrons. The number of carboxylic acid groups (broad SMARTS) is 1. The minimum absolute atomic E-state index is 0.315. The fourth-order valence-electron chi connectivity index (χ4n) is 5.54. The number of hydrogen-bond donors (Lipinski definition) is 1. The van der Waals surface area contributed by atoms with Gasteiger partial charge in [0.2, 0.25) is 0 Å². The van der Waals surface area contributed by atoms with Crippen LogP contribution in [-0.2, 0) is 17.6 Å². The molecular weight excluding hydrogens is 470 g/mol. The van der Waals surface area contributed by atoms with Crippen molar-refractivity contribution < 1.29 is 9.90 Å². The van der Waals surface area contributed by atoms with Crippen molar-refractivity contribution in [3.05, 3.63) is 55.9 Å². The van der Waals surface area contributed by atoms with Gasteiger partial charge in [0.05, 0.1) is 5.25 Å². The second-order valence-corrected chi connectivity index (χ2v) is 11.4. The van der Waals surface area contributed by atoms with Crippen LogP contribution in [0.3, 0.4) is 0 Å². The van der Waals surface area contributed by atoms with E-state index in [1.165, 1.54) is 39.6 Å². The molecule has 4 rings (SSSR count). The summed E-state index contributed by atoms with van der Waals surface area (Å²) >= 11 is 5.89. The lowest BCUT2D eigenvalue weighted by Crippen LogP contribution is -2.21. The third-order valence-electron chi connectivity index (χ3n) is 7.45. The molecule has 0 aromatic heterocycles. The largest absolute Gasteiger partial charge is 0.481 e. The Morgan fingerprint density at radius 1 is 1.16 bits per heavy atom. The summed E-state index contributed by atoms with van der Waals surface area (Å²) in [5.74, 6) is 0.531. The molecule has 1 aromatic carbocycles. The predicted octanol–water partition coefficient (Wildman–Crippen LogP) is 6.77. The molecular formula is C26H34BrNO2S. The molecule has 0 amide bonds. The first-order valence-electron chi connectivity index (χ1n) is 11.7. The van der Waals surface area contributed by atoms with E-state index in [0.717, 1.165) is 45.2 Å². The van der Waals surface area contributed by atoms with Gasteiger partial charge in [-0.1, -0.05) is 28.1 Å². The third kappa shape index (κ3) is 5.48. The Labute approximate surface area is 199 Å². The second kappa shape index (κ2) is 10.3. The van der Waals surface area contributed by atoms with Gasteiger partial charge < -0.3 is 10.0 Å². The molecule has 3 aliphatic rings. The molecule has 1 atom stereocenters. The minimum atomic E-state index is -0.659. The number of nitrogens with zero attached hydrogens (tertiary/aromatic N) is 1. The number of carboxylic acids is 1. The van der Waals surface area contributed by atoms with Crippen LogP contribution in [0, 0.1) is 11.8 Å². The molecule has 2 aliphatic heterocycles. The van der Waals surface area contributed by atoms with Gasteiger partial charge >= 0.3 is 5.97 Å². The highest BCUT2D eigenvalue weighted by Gasteiger charge is 2.32. The Bertz CT molecular complexity index is 886. The molecule has 0 spiro atoms. The summed E-state index contributed by atoms with van der Waals surface area (Å²) in [5, 5.41) is 11.7. The van der Waals surface area contributed by atoms with E-state index in [2.05, 4.69) is 58.4 Å². The number of halogens is 1. The molecule has 0 bridgehead atoms. The minimum Gasteiger partial charge on any atom is -0.481 e. The van der Waals surface area contributed by atoms with E-state index in [4.69, 9.17) is 5.11 Å². The van der Waals surface area contributed by atoms with Gasteiger partial charge in [-0.05, 0) is 110 Å². The van der Waals surface area contributed by atoms with Gasteiger partial charge in [-0.3, -0.25) is 4.79 Å². The number of allylic oxidation sites excluding steroid dienone is 2. The molecule has 1 fully saturated rings. The van der Waals surface area contributed by atoms with Gasteiger partial charge in [0, 0.05) is 24.0 Å². The number of benzene rings is 1. The van der Waals surface area contributed by atoms with E-state index in [1.54, 1.807) is 5.57 Å². The smallest absolute Gasteiger partial charge is 0.303 e. The molecule has 31 heavy (non-hydrogen) atoms.